The largest absolute Gasteiger partial charge is 0.481 e. The van der Waals surface area contributed by atoms with Crippen molar-refractivity contribution in [3.8, 4) is 11.5 Å². The zero-order valence-corrected chi connectivity index (χ0v) is 26.3. The second-order valence-corrected chi connectivity index (χ2v) is 13.2. The minimum Gasteiger partial charge on any atom is -0.481 e. The Hall–Kier alpha value is -5.11. The maximum Gasteiger partial charge on any atom is 0.323 e. The van der Waals surface area contributed by atoms with Crippen LogP contribution in [0.15, 0.2) is 71.6 Å². The van der Waals surface area contributed by atoms with Gasteiger partial charge in [-0.2, -0.15) is 0 Å². The molecular weight excluding hydrogens is 616 g/mol. The summed E-state index contributed by atoms with van der Waals surface area (Å²) < 4.78 is 36.8. The Morgan fingerprint density at radius 3 is 2.26 bits per heavy atom. The number of fused-ring (bicyclic) bond motifs is 1. The van der Waals surface area contributed by atoms with Crippen LogP contribution in [0.1, 0.15) is 43.9 Å². The number of anilines is 2. The number of hydrogen-bond acceptors (Lipinski definition) is 8. The van der Waals surface area contributed by atoms with E-state index in [1.165, 1.54) is 24.3 Å². The highest BCUT2D eigenvalue weighted by molar-refractivity contribution is 7.92. The highest BCUT2D eigenvalue weighted by Gasteiger charge is 2.29. The Bertz CT molecular complexity index is 1710. The number of rotatable bonds is 13. The number of para-hydroxylation sites is 1. The quantitative estimate of drug-likeness (QED) is 0.182. The lowest BCUT2D eigenvalue weighted by atomic mass is 10.00. The number of benzene rings is 3. The van der Waals surface area contributed by atoms with Crippen molar-refractivity contribution in [1.29, 1.82) is 0 Å². The topological polar surface area (TPSA) is 189 Å². The first-order valence-corrected chi connectivity index (χ1v) is 16.1. The Morgan fingerprint density at radius 1 is 0.891 bits per heavy atom. The van der Waals surface area contributed by atoms with E-state index in [0.717, 1.165) is 5.56 Å². The number of carbonyl (C=O) groups excluding carboxylic acids is 3. The molecule has 13 nitrogen and oxygen atoms in total. The number of carboxylic acid groups (broad SMARTS) is 1. The lowest BCUT2D eigenvalue weighted by Gasteiger charge is -2.24. The van der Waals surface area contributed by atoms with Crippen molar-refractivity contribution in [2.75, 3.05) is 23.2 Å². The third kappa shape index (κ3) is 9.20. The number of amides is 4. The average molecular weight is 653 g/mol. The fourth-order valence-corrected chi connectivity index (χ4v) is 5.91. The number of sulfone groups is 1. The summed E-state index contributed by atoms with van der Waals surface area (Å²) in [6.45, 7) is 5.52. The number of nitrogens with one attached hydrogen (secondary N) is 4. The molecule has 0 aliphatic carbocycles. The molecule has 0 saturated carbocycles. The normalized spacial score (nSPS) is 13.4. The second-order valence-electron chi connectivity index (χ2n) is 11.2. The van der Waals surface area contributed by atoms with Crippen LogP contribution in [0.2, 0.25) is 0 Å². The van der Waals surface area contributed by atoms with E-state index in [0.29, 0.717) is 28.4 Å². The molecule has 3 aromatic carbocycles. The van der Waals surface area contributed by atoms with Crippen molar-refractivity contribution in [1.82, 2.24) is 10.6 Å². The molecular formula is C32H36N4O9S. The molecule has 244 valence electrons. The average Bonchev–Trinajstić information content (AvgIpc) is 3.45. The molecule has 14 heteroatoms. The number of urea groups is 1. The van der Waals surface area contributed by atoms with Crippen LogP contribution in [0.25, 0.3) is 0 Å². The van der Waals surface area contributed by atoms with Gasteiger partial charge in [0, 0.05) is 11.4 Å². The van der Waals surface area contributed by atoms with E-state index in [1.807, 2.05) is 32.9 Å². The smallest absolute Gasteiger partial charge is 0.323 e. The van der Waals surface area contributed by atoms with E-state index in [4.69, 9.17) is 9.47 Å². The van der Waals surface area contributed by atoms with E-state index < -0.39 is 57.9 Å². The van der Waals surface area contributed by atoms with Crippen LogP contribution in [0, 0.1) is 12.8 Å². The van der Waals surface area contributed by atoms with Crippen LogP contribution in [0.4, 0.5) is 16.2 Å². The van der Waals surface area contributed by atoms with Gasteiger partial charge in [-0.25, -0.2) is 13.2 Å². The minimum absolute atomic E-state index is 0.0207. The van der Waals surface area contributed by atoms with Crippen molar-refractivity contribution in [2.45, 2.75) is 50.6 Å². The molecule has 2 unspecified atom stereocenters. The third-order valence-electron chi connectivity index (χ3n) is 7.04. The van der Waals surface area contributed by atoms with E-state index in [1.54, 1.807) is 30.3 Å². The van der Waals surface area contributed by atoms with Gasteiger partial charge in [-0.3, -0.25) is 14.4 Å². The molecule has 4 rings (SSSR count). The SMILES string of the molecule is Cc1ccccc1NC(=O)Nc1ccc(S(=O)(=O)CC(=O)NC(CC(C)C)C(=O)NC(CC(=O)O)c2ccc3c(c2)OCO3)cc1. The predicted octanol–water partition coefficient (Wildman–Crippen LogP) is 4.00. The Morgan fingerprint density at radius 2 is 1.59 bits per heavy atom. The molecule has 3 aromatic rings. The molecule has 0 radical (unpaired) electrons. The summed E-state index contributed by atoms with van der Waals surface area (Å²) in [4.78, 5) is 50.1. The Labute approximate surface area is 266 Å². The molecule has 0 spiro atoms. The van der Waals surface area contributed by atoms with E-state index in [9.17, 15) is 32.7 Å². The minimum atomic E-state index is -4.12. The van der Waals surface area contributed by atoms with E-state index in [-0.39, 0.29) is 24.0 Å². The van der Waals surface area contributed by atoms with Gasteiger partial charge in [0.05, 0.1) is 17.4 Å². The van der Waals surface area contributed by atoms with Gasteiger partial charge < -0.3 is 35.8 Å². The second kappa shape index (κ2) is 14.8. The zero-order chi connectivity index (χ0) is 33.4. The lowest BCUT2D eigenvalue weighted by Crippen LogP contribution is -2.49. The third-order valence-corrected chi connectivity index (χ3v) is 8.67. The van der Waals surface area contributed by atoms with E-state index >= 15 is 0 Å². The first-order chi connectivity index (χ1) is 21.8. The fraction of sp³-hybridized carbons (Fsp3) is 0.312. The van der Waals surface area contributed by atoms with Gasteiger partial charge in [0.2, 0.25) is 18.6 Å². The van der Waals surface area contributed by atoms with Crippen molar-refractivity contribution in [3.63, 3.8) is 0 Å². The van der Waals surface area contributed by atoms with Crippen molar-refractivity contribution >= 4 is 45.0 Å². The number of ether oxygens (including phenoxy) is 2. The molecule has 2 atom stereocenters. The first kappa shape index (κ1) is 33.8. The fourth-order valence-electron chi connectivity index (χ4n) is 4.77. The van der Waals surface area contributed by atoms with Gasteiger partial charge in [0.1, 0.15) is 11.8 Å². The highest BCUT2D eigenvalue weighted by Crippen LogP contribution is 2.35. The van der Waals surface area contributed by atoms with Gasteiger partial charge >= 0.3 is 12.0 Å². The maximum absolute atomic E-state index is 13.3. The molecule has 0 bridgehead atoms. The summed E-state index contributed by atoms with van der Waals surface area (Å²) in [7, 11) is -4.12. The Kier molecular flexibility index (Phi) is 10.9. The monoisotopic (exact) mass is 652 g/mol. The van der Waals surface area contributed by atoms with E-state index in [2.05, 4.69) is 21.3 Å². The van der Waals surface area contributed by atoms with Crippen LogP contribution >= 0.6 is 0 Å². The number of aliphatic carboxylic acids is 1. The highest BCUT2D eigenvalue weighted by atomic mass is 32.2. The molecule has 4 amide bonds. The van der Waals surface area contributed by atoms with Crippen molar-refractivity contribution < 1.29 is 42.2 Å². The Balaban J connectivity index is 1.39. The number of carbonyl (C=O) groups is 4. The lowest BCUT2D eigenvalue weighted by molar-refractivity contribution is -0.138. The summed E-state index contributed by atoms with van der Waals surface area (Å²) >= 11 is 0. The van der Waals surface area contributed by atoms with Gasteiger partial charge in [-0.05, 0) is 72.9 Å². The number of hydrogen-bond donors (Lipinski definition) is 5. The molecule has 0 fully saturated rings. The van der Waals surface area contributed by atoms with Gasteiger partial charge in [0.25, 0.3) is 0 Å². The predicted molar refractivity (Wildman–Crippen MR) is 169 cm³/mol. The molecule has 0 aromatic heterocycles. The van der Waals surface area contributed by atoms with Crippen molar-refractivity contribution in [2.24, 2.45) is 5.92 Å². The molecule has 1 aliphatic heterocycles. The van der Waals surface area contributed by atoms with Crippen LogP contribution in [0.5, 0.6) is 11.5 Å². The summed E-state index contributed by atoms with van der Waals surface area (Å²) in [6, 6.07) is 14.8. The van der Waals surface area contributed by atoms with Gasteiger partial charge in [-0.1, -0.05) is 38.1 Å². The summed E-state index contributed by atoms with van der Waals surface area (Å²) in [5.41, 5.74) is 2.29. The summed E-state index contributed by atoms with van der Waals surface area (Å²) in [5, 5.41) is 20.0. The van der Waals surface area contributed by atoms with Crippen molar-refractivity contribution in [3.05, 3.63) is 77.9 Å². The molecule has 0 saturated heterocycles. The van der Waals surface area contributed by atoms with Gasteiger partial charge in [0.15, 0.2) is 21.3 Å². The number of carboxylic acids is 1. The molecule has 46 heavy (non-hydrogen) atoms. The zero-order valence-electron chi connectivity index (χ0n) is 25.5. The molecule has 1 aliphatic rings. The summed E-state index contributed by atoms with van der Waals surface area (Å²) in [6.07, 6.45) is -0.274. The first-order valence-electron chi connectivity index (χ1n) is 14.5. The number of aryl methyl sites for hydroxylation is 1. The molecule has 5 N–H and O–H groups in total. The molecule has 1 heterocycles. The standard InChI is InChI=1S/C32H36N4O9S/c1-19(2)14-26(31(40)35-25(16-30(38)39)21-8-13-27-28(15-21)45-18-44-27)34-29(37)17-46(42,43)23-11-9-22(10-12-23)33-32(41)36-24-7-5-4-6-20(24)3/h4-13,15,19,25-26H,14,16-18H2,1-3H3,(H,34,37)(H,35,40)(H,38,39)(H2,33,36,41). The van der Waals surface area contributed by atoms with Crippen LogP contribution in [-0.2, 0) is 24.2 Å². The van der Waals surface area contributed by atoms with Crippen LogP contribution < -0.4 is 30.7 Å². The maximum atomic E-state index is 13.3. The van der Waals surface area contributed by atoms with Crippen LogP contribution in [-0.4, -0.2) is 55.9 Å². The van der Waals surface area contributed by atoms with Gasteiger partial charge in [-0.15, -0.1) is 0 Å². The van der Waals surface area contributed by atoms with Crippen LogP contribution in [0.3, 0.4) is 0 Å². The summed E-state index contributed by atoms with van der Waals surface area (Å²) in [5.74, 6) is -2.83.